The van der Waals surface area contributed by atoms with Crippen LogP contribution in [0.25, 0.3) is 0 Å². The van der Waals surface area contributed by atoms with Crippen LogP contribution in [0.2, 0.25) is 0 Å². The SMILES string of the molecule is CCOC(=O)C1NC(=O)CC12CCC(C(C)(C)CC)CC2. The smallest absolute Gasteiger partial charge is 0.329 e. The molecule has 4 nitrogen and oxygen atoms in total. The monoisotopic (exact) mass is 295 g/mol. The van der Waals surface area contributed by atoms with Crippen molar-refractivity contribution < 1.29 is 14.3 Å². The van der Waals surface area contributed by atoms with Crippen LogP contribution in [0.3, 0.4) is 0 Å². The Morgan fingerprint density at radius 2 is 1.95 bits per heavy atom. The van der Waals surface area contributed by atoms with Crippen molar-refractivity contribution in [2.75, 3.05) is 6.61 Å². The second kappa shape index (κ2) is 5.98. The highest BCUT2D eigenvalue weighted by Crippen LogP contribution is 2.51. The number of hydrogen-bond acceptors (Lipinski definition) is 3. The van der Waals surface area contributed by atoms with Gasteiger partial charge in [0.05, 0.1) is 6.61 Å². The molecule has 1 N–H and O–H groups in total. The zero-order valence-corrected chi connectivity index (χ0v) is 13.8. The van der Waals surface area contributed by atoms with E-state index in [1.54, 1.807) is 0 Å². The first-order valence-electron chi connectivity index (χ1n) is 8.30. The van der Waals surface area contributed by atoms with Gasteiger partial charge in [-0.1, -0.05) is 27.2 Å². The first-order chi connectivity index (χ1) is 9.84. The predicted molar refractivity (Wildman–Crippen MR) is 81.6 cm³/mol. The van der Waals surface area contributed by atoms with Gasteiger partial charge in [-0.3, -0.25) is 4.79 Å². The third-order valence-corrected chi connectivity index (χ3v) is 5.95. The Morgan fingerprint density at radius 1 is 1.33 bits per heavy atom. The second-order valence-corrected chi connectivity index (χ2v) is 7.41. The van der Waals surface area contributed by atoms with Crippen LogP contribution >= 0.6 is 0 Å². The van der Waals surface area contributed by atoms with Crippen molar-refractivity contribution in [3.63, 3.8) is 0 Å². The maximum atomic E-state index is 12.2. The van der Waals surface area contributed by atoms with Gasteiger partial charge in [0.1, 0.15) is 6.04 Å². The predicted octanol–water partition coefficient (Wildman–Crippen LogP) is 3.05. The van der Waals surface area contributed by atoms with Crippen LogP contribution in [-0.4, -0.2) is 24.5 Å². The van der Waals surface area contributed by atoms with Crippen molar-refractivity contribution in [2.24, 2.45) is 16.7 Å². The molecule has 1 atom stereocenters. The van der Waals surface area contributed by atoms with Gasteiger partial charge in [-0.15, -0.1) is 0 Å². The lowest BCUT2D eigenvalue weighted by molar-refractivity contribution is -0.149. The zero-order valence-electron chi connectivity index (χ0n) is 13.8. The van der Waals surface area contributed by atoms with Crippen LogP contribution < -0.4 is 5.32 Å². The Morgan fingerprint density at radius 3 is 2.48 bits per heavy atom. The number of amides is 1. The Hall–Kier alpha value is -1.06. The summed E-state index contributed by atoms with van der Waals surface area (Å²) in [5, 5.41) is 2.85. The van der Waals surface area contributed by atoms with Crippen molar-refractivity contribution >= 4 is 11.9 Å². The molecule has 0 aromatic carbocycles. The van der Waals surface area contributed by atoms with Crippen molar-refractivity contribution in [1.29, 1.82) is 0 Å². The van der Waals surface area contributed by atoms with Gasteiger partial charge < -0.3 is 10.1 Å². The highest BCUT2D eigenvalue weighted by molar-refractivity contribution is 5.90. The van der Waals surface area contributed by atoms with E-state index in [1.165, 1.54) is 6.42 Å². The molecule has 21 heavy (non-hydrogen) atoms. The third-order valence-electron chi connectivity index (χ3n) is 5.95. The largest absolute Gasteiger partial charge is 0.464 e. The van der Waals surface area contributed by atoms with E-state index in [-0.39, 0.29) is 17.3 Å². The summed E-state index contributed by atoms with van der Waals surface area (Å²) in [6.07, 6.45) is 5.75. The highest BCUT2D eigenvalue weighted by Gasteiger charge is 2.53. The fraction of sp³-hybridized carbons (Fsp3) is 0.882. The summed E-state index contributed by atoms with van der Waals surface area (Å²) in [6, 6.07) is -0.435. The molecular formula is C17H29NO3. The molecule has 1 saturated heterocycles. The van der Waals surface area contributed by atoms with Crippen LogP contribution in [0, 0.1) is 16.7 Å². The first kappa shape index (κ1) is 16.3. The van der Waals surface area contributed by atoms with Gasteiger partial charge in [-0.2, -0.15) is 0 Å². The lowest BCUT2D eigenvalue weighted by Gasteiger charge is -2.44. The zero-order chi connectivity index (χ0) is 15.7. The van der Waals surface area contributed by atoms with Crippen LogP contribution in [0.4, 0.5) is 0 Å². The molecule has 4 heteroatoms. The summed E-state index contributed by atoms with van der Waals surface area (Å²) in [4.78, 5) is 24.0. The number of rotatable bonds is 4. The van der Waals surface area contributed by atoms with E-state index in [1.807, 2.05) is 6.92 Å². The van der Waals surface area contributed by atoms with E-state index in [4.69, 9.17) is 4.74 Å². The van der Waals surface area contributed by atoms with Gasteiger partial charge in [0.25, 0.3) is 0 Å². The molecule has 1 amide bonds. The van der Waals surface area contributed by atoms with E-state index in [9.17, 15) is 9.59 Å². The van der Waals surface area contributed by atoms with Gasteiger partial charge in [0, 0.05) is 11.8 Å². The van der Waals surface area contributed by atoms with Crippen LogP contribution in [0.15, 0.2) is 0 Å². The standard InChI is InChI=1S/C17H29NO3/c1-5-16(3,4)12-7-9-17(10-8-12)11-13(19)18-14(17)15(20)21-6-2/h12,14H,5-11H2,1-4H3,(H,18,19). The lowest BCUT2D eigenvalue weighted by Crippen LogP contribution is -2.47. The number of esters is 1. The minimum atomic E-state index is -0.435. The maximum Gasteiger partial charge on any atom is 0.329 e. The summed E-state index contributed by atoms with van der Waals surface area (Å²) >= 11 is 0. The molecular weight excluding hydrogens is 266 g/mol. The number of carbonyl (C=O) groups excluding carboxylic acids is 2. The summed E-state index contributed by atoms with van der Waals surface area (Å²) in [7, 11) is 0. The molecule has 2 aliphatic rings. The van der Waals surface area contributed by atoms with Gasteiger partial charge in [-0.05, 0) is 43.9 Å². The fourth-order valence-electron chi connectivity index (χ4n) is 4.05. The molecule has 0 aromatic heterocycles. The average molecular weight is 295 g/mol. The summed E-state index contributed by atoms with van der Waals surface area (Å²) in [6.45, 7) is 9.08. The topological polar surface area (TPSA) is 55.4 Å². The number of nitrogens with one attached hydrogen (secondary N) is 1. The average Bonchev–Trinajstić information content (AvgIpc) is 2.76. The fourth-order valence-corrected chi connectivity index (χ4v) is 4.05. The Balaban J connectivity index is 2.09. The molecule has 2 rings (SSSR count). The molecule has 1 aliphatic carbocycles. The molecule has 0 radical (unpaired) electrons. The lowest BCUT2D eigenvalue weighted by atomic mass is 9.60. The quantitative estimate of drug-likeness (QED) is 0.811. The van der Waals surface area contributed by atoms with E-state index in [0.29, 0.717) is 24.4 Å². The van der Waals surface area contributed by atoms with Crippen molar-refractivity contribution in [2.45, 2.75) is 72.3 Å². The Kier molecular flexibility index (Phi) is 4.64. The van der Waals surface area contributed by atoms with E-state index in [0.717, 1.165) is 25.7 Å². The molecule has 1 unspecified atom stereocenters. The van der Waals surface area contributed by atoms with E-state index < -0.39 is 6.04 Å². The van der Waals surface area contributed by atoms with Crippen molar-refractivity contribution in [3.8, 4) is 0 Å². The molecule has 1 aliphatic heterocycles. The van der Waals surface area contributed by atoms with E-state index >= 15 is 0 Å². The Bertz CT molecular complexity index is 408. The number of hydrogen-bond donors (Lipinski definition) is 1. The molecule has 0 aromatic rings. The first-order valence-corrected chi connectivity index (χ1v) is 8.30. The van der Waals surface area contributed by atoms with Gasteiger partial charge in [-0.25, -0.2) is 4.79 Å². The summed E-state index contributed by atoms with van der Waals surface area (Å²) in [5.41, 5.74) is 0.140. The minimum absolute atomic E-state index is 0.00116. The van der Waals surface area contributed by atoms with Crippen molar-refractivity contribution in [3.05, 3.63) is 0 Å². The van der Waals surface area contributed by atoms with Gasteiger partial charge in [0.2, 0.25) is 5.91 Å². The maximum absolute atomic E-state index is 12.2. The third kappa shape index (κ3) is 3.09. The molecule has 1 saturated carbocycles. The minimum Gasteiger partial charge on any atom is -0.464 e. The van der Waals surface area contributed by atoms with Gasteiger partial charge >= 0.3 is 5.97 Å². The number of carbonyl (C=O) groups is 2. The molecule has 1 spiro atoms. The Labute approximate surface area is 128 Å². The van der Waals surface area contributed by atoms with Crippen LogP contribution in [0.1, 0.15) is 66.2 Å². The second-order valence-electron chi connectivity index (χ2n) is 7.41. The normalized spacial score (nSPS) is 33.0. The molecule has 2 fully saturated rings. The molecule has 120 valence electrons. The highest BCUT2D eigenvalue weighted by atomic mass is 16.5. The van der Waals surface area contributed by atoms with E-state index in [2.05, 4.69) is 26.1 Å². The summed E-state index contributed by atoms with van der Waals surface area (Å²) < 4.78 is 5.16. The van der Waals surface area contributed by atoms with Gasteiger partial charge in [0.15, 0.2) is 0 Å². The number of ether oxygens (including phenoxy) is 1. The molecule has 0 bridgehead atoms. The van der Waals surface area contributed by atoms with Crippen LogP contribution in [-0.2, 0) is 14.3 Å². The summed E-state index contributed by atoms with van der Waals surface area (Å²) in [5.74, 6) is 0.435. The van der Waals surface area contributed by atoms with Crippen LogP contribution in [0.5, 0.6) is 0 Å². The molecule has 1 heterocycles. The van der Waals surface area contributed by atoms with Crippen molar-refractivity contribution in [1.82, 2.24) is 5.32 Å².